The van der Waals surface area contributed by atoms with Crippen molar-refractivity contribution in [3.63, 3.8) is 0 Å². The zero-order valence-corrected chi connectivity index (χ0v) is 41.6. The second-order valence-electron chi connectivity index (χ2n) is 18.2. The Bertz CT molecular complexity index is 3570. The SMILES string of the molecule is C/C=C\C(=c1\cc/c2c3c(ccc(C)c13)C/C(N(c1ccc(C#N)cc1)c1cccc(-c3cccc(C(C)C)c3OC)c1)=C\C\C=2)N(c1ccc(C#N)cc1)c1cccc(-c2cccc(CC)c2)c1OC. The molecule has 6 heteroatoms. The zero-order chi connectivity index (χ0) is 49.6. The number of hydrogen-bond donors (Lipinski definition) is 0. The van der Waals surface area contributed by atoms with Crippen molar-refractivity contribution in [2.24, 2.45) is 0 Å². The van der Waals surface area contributed by atoms with Gasteiger partial charge >= 0.3 is 0 Å². The van der Waals surface area contributed by atoms with Crippen molar-refractivity contribution in [1.29, 1.82) is 10.5 Å². The molecule has 8 aromatic carbocycles. The van der Waals surface area contributed by atoms with Gasteiger partial charge in [0, 0.05) is 45.5 Å². The van der Waals surface area contributed by atoms with E-state index in [-0.39, 0.29) is 0 Å². The Labute approximate surface area is 418 Å². The molecule has 350 valence electrons. The van der Waals surface area contributed by atoms with Gasteiger partial charge in [-0.05, 0) is 155 Å². The van der Waals surface area contributed by atoms with Crippen LogP contribution in [0.5, 0.6) is 11.5 Å². The Kier molecular flexibility index (Phi) is 14.0. The van der Waals surface area contributed by atoms with Crippen LogP contribution in [-0.4, -0.2) is 14.2 Å². The fourth-order valence-corrected chi connectivity index (χ4v) is 10.1. The number of ether oxygens (including phenoxy) is 2. The van der Waals surface area contributed by atoms with Crippen molar-refractivity contribution in [2.75, 3.05) is 24.0 Å². The summed E-state index contributed by atoms with van der Waals surface area (Å²) in [4.78, 5) is 4.62. The summed E-state index contributed by atoms with van der Waals surface area (Å²) in [5.41, 5.74) is 16.0. The second kappa shape index (κ2) is 21.0. The van der Waals surface area contributed by atoms with Crippen LogP contribution in [-0.2, 0) is 12.8 Å². The predicted molar refractivity (Wildman–Crippen MR) is 294 cm³/mol. The summed E-state index contributed by atoms with van der Waals surface area (Å²) in [5.74, 6) is 1.93. The minimum atomic E-state index is 0.294. The molecule has 1 aliphatic rings. The first-order valence-corrected chi connectivity index (χ1v) is 24.4. The number of nitrogens with zero attached hydrogens (tertiary/aromatic N) is 4. The van der Waals surface area contributed by atoms with Gasteiger partial charge in [0.05, 0.1) is 48.9 Å². The minimum Gasteiger partial charge on any atom is -0.496 e. The summed E-state index contributed by atoms with van der Waals surface area (Å²) < 4.78 is 12.5. The number of rotatable bonds is 13. The minimum absolute atomic E-state index is 0.294. The van der Waals surface area contributed by atoms with Gasteiger partial charge in [0.2, 0.25) is 0 Å². The average molecular weight is 927 g/mol. The van der Waals surface area contributed by atoms with E-state index in [1.165, 1.54) is 32.7 Å². The van der Waals surface area contributed by atoms with Gasteiger partial charge in [-0.1, -0.05) is 130 Å². The number of benzene rings is 8. The first-order valence-electron chi connectivity index (χ1n) is 24.4. The lowest BCUT2D eigenvalue weighted by Gasteiger charge is -2.30. The zero-order valence-electron chi connectivity index (χ0n) is 41.6. The van der Waals surface area contributed by atoms with E-state index in [1.807, 2.05) is 48.5 Å². The lowest BCUT2D eigenvalue weighted by molar-refractivity contribution is 0.409. The Balaban J connectivity index is 1.26. The van der Waals surface area contributed by atoms with Crippen LogP contribution >= 0.6 is 0 Å². The van der Waals surface area contributed by atoms with Crippen molar-refractivity contribution in [2.45, 2.75) is 59.8 Å². The van der Waals surface area contributed by atoms with Gasteiger partial charge in [0.25, 0.3) is 0 Å². The maximum Gasteiger partial charge on any atom is 0.150 e. The number of hydrogen-bond acceptors (Lipinski definition) is 6. The van der Waals surface area contributed by atoms with Crippen molar-refractivity contribution < 1.29 is 9.47 Å². The lowest BCUT2D eigenvalue weighted by atomic mass is 9.91. The van der Waals surface area contributed by atoms with Gasteiger partial charge in [-0.15, -0.1) is 0 Å². The van der Waals surface area contributed by atoms with E-state index >= 15 is 0 Å². The molecule has 71 heavy (non-hydrogen) atoms. The molecule has 0 radical (unpaired) electrons. The summed E-state index contributed by atoms with van der Waals surface area (Å²) in [7, 11) is 3.50. The number of anilines is 4. The van der Waals surface area contributed by atoms with Gasteiger partial charge in [0.1, 0.15) is 5.75 Å². The highest BCUT2D eigenvalue weighted by molar-refractivity contribution is 5.97. The van der Waals surface area contributed by atoms with E-state index in [4.69, 9.17) is 9.47 Å². The standard InChI is InChI=1S/C65H58N4O2/c1-8-15-60(69(53-35-29-47(42-67)30-36-53)61-25-14-24-58(65(61)71-7)49-18-10-16-45(9-2)38-49)59-37-32-48-17-11-20-55(40-51-31-26-44(5)62(59)63(48)51)68(52-33-27-46(41-66)28-34-52)54-21-12-19-50(39-54)57-23-13-22-56(43(3)4)64(57)70-6/h8,10,12-39,43H,9,11,40H2,1-7H3/b15-8-,48-17-,55-20+,60-59+. The largest absolute Gasteiger partial charge is 0.496 e. The lowest BCUT2D eigenvalue weighted by Crippen LogP contribution is -2.26. The predicted octanol–water partition coefficient (Wildman–Crippen LogP) is 14.9. The molecular weight excluding hydrogens is 869 g/mol. The molecule has 1 aliphatic carbocycles. The molecule has 0 saturated carbocycles. The van der Waals surface area contributed by atoms with Crippen molar-refractivity contribution in [1.82, 2.24) is 0 Å². The van der Waals surface area contributed by atoms with Gasteiger partial charge in [-0.3, -0.25) is 0 Å². The molecule has 0 amide bonds. The highest BCUT2D eigenvalue weighted by Gasteiger charge is 2.25. The molecular formula is C65H58N4O2. The summed E-state index contributed by atoms with van der Waals surface area (Å²) in [5, 5.41) is 24.4. The van der Waals surface area contributed by atoms with Gasteiger partial charge in [-0.2, -0.15) is 10.5 Å². The maximum atomic E-state index is 9.90. The Morgan fingerprint density at radius 2 is 1.31 bits per heavy atom. The van der Waals surface area contributed by atoms with Gasteiger partial charge in [0.15, 0.2) is 5.75 Å². The quantitative estimate of drug-likeness (QED) is 0.115. The fourth-order valence-electron chi connectivity index (χ4n) is 10.1. The molecule has 0 N–H and O–H groups in total. The Morgan fingerprint density at radius 1 is 0.662 bits per heavy atom. The first kappa shape index (κ1) is 47.5. The maximum absolute atomic E-state index is 9.90. The van der Waals surface area contributed by atoms with Crippen LogP contribution in [0.15, 0.2) is 182 Å². The van der Waals surface area contributed by atoms with E-state index < -0.39 is 0 Å². The molecule has 0 heterocycles. The Morgan fingerprint density at radius 3 is 1.97 bits per heavy atom. The van der Waals surface area contributed by atoms with E-state index in [2.05, 4.69) is 190 Å². The van der Waals surface area contributed by atoms with E-state index in [0.29, 0.717) is 29.9 Å². The highest BCUT2D eigenvalue weighted by Crippen LogP contribution is 2.45. The average Bonchev–Trinajstić information content (AvgIpc) is 3.40. The van der Waals surface area contributed by atoms with E-state index in [1.54, 1.807) is 14.2 Å². The summed E-state index contributed by atoms with van der Waals surface area (Å²) in [6.07, 6.45) is 11.2. The van der Waals surface area contributed by atoms with Gasteiger partial charge < -0.3 is 19.3 Å². The molecule has 0 unspecified atom stereocenters. The van der Waals surface area contributed by atoms with Crippen molar-refractivity contribution >= 4 is 45.3 Å². The van der Waals surface area contributed by atoms with Crippen molar-refractivity contribution in [3.8, 4) is 45.9 Å². The van der Waals surface area contributed by atoms with E-state index in [9.17, 15) is 10.5 Å². The summed E-state index contributed by atoms with van der Waals surface area (Å²) in [6.45, 7) is 10.8. The van der Waals surface area contributed by atoms with Gasteiger partial charge in [-0.25, -0.2) is 0 Å². The summed E-state index contributed by atoms with van der Waals surface area (Å²) in [6, 6.07) is 59.5. The van der Waals surface area contributed by atoms with E-state index in [0.717, 1.165) is 85.1 Å². The molecule has 0 aliphatic heterocycles. The monoisotopic (exact) mass is 926 g/mol. The third-order valence-electron chi connectivity index (χ3n) is 13.6. The van der Waals surface area contributed by atoms with Crippen molar-refractivity contribution in [3.05, 3.63) is 225 Å². The van der Waals surface area contributed by atoms with Crippen LogP contribution in [0.3, 0.4) is 0 Å². The third kappa shape index (κ3) is 9.33. The van der Waals surface area contributed by atoms with Crippen LogP contribution < -0.4 is 29.7 Å². The number of nitriles is 2. The number of para-hydroxylation sites is 2. The summed E-state index contributed by atoms with van der Waals surface area (Å²) >= 11 is 0. The molecule has 0 aromatic heterocycles. The van der Waals surface area contributed by atoms with Crippen LogP contribution in [0.1, 0.15) is 73.4 Å². The number of allylic oxidation sites excluding steroid dienone is 3. The van der Waals surface area contributed by atoms with Crippen LogP contribution in [0.2, 0.25) is 0 Å². The molecule has 6 nitrogen and oxygen atoms in total. The number of methoxy groups -OCH3 is 2. The number of aryl methyl sites for hydroxylation is 2. The molecule has 0 atom stereocenters. The molecule has 0 spiro atoms. The highest BCUT2D eigenvalue weighted by atomic mass is 16.5. The molecule has 9 rings (SSSR count). The Hall–Kier alpha value is -8.58. The molecule has 0 fully saturated rings. The first-order chi connectivity index (χ1) is 34.7. The normalized spacial score (nSPS) is 13.8. The molecule has 0 saturated heterocycles. The van der Waals surface area contributed by atoms with Crippen LogP contribution in [0.25, 0.3) is 44.8 Å². The molecule has 0 bridgehead atoms. The second-order valence-corrected chi connectivity index (χ2v) is 18.2. The fraction of sp³-hybridized carbons (Fsp3) is 0.169. The van der Waals surface area contributed by atoms with Crippen LogP contribution in [0, 0.1) is 29.6 Å². The smallest absolute Gasteiger partial charge is 0.150 e. The third-order valence-corrected chi connectivity index (χ3v) is 13.6. The topological polar surface area (TPSA) is 72.5 Å². The molecule has 8 aromatic rings. The van der Waals surface area contributed by atoms with Crippen LogP contribution in [0.4, 0.5) is 22.7 Å².